The Kier molecular flexibility index (Phi) is 5.01. The zero-order valence-electron chi connectivity index (χ0n) is 4.89. The summed E-state index contributed by atoms with van der Waals surface area (Å²) in [5.74, 6) is 0. The second kappa shape index (κ2) is 5.06. The first-order valence-electron chi connectivity index (χ1n) is 2.42. The Hall–Kier alpha value is -0.0800. The van der Waals surface area contributed by atoms with E-state index in [1.807, 2.05) is 19.2 Å². The number of hydrogen-bond acceptors (Lipinski definition) is 1. The lowest BCUT2D eigenvalue weighted by atomic mass is 10.5. The summed E-state index contributed by atoms with van der Waals surface area (Å²) in [4.78, 5) is 0.264. The molecule has 1 unspecified atom stereocenters. The smallest absolute Gasteiger partial charge is 0.0817 e. The number of allylic oxidation sites excluding steroid dienone is 2. The summed E-state index contributed by atoms with van der Waals surface area (Å²) < 4.78 is 0. The number of hydrogen-bond donors (Lipinski definition) is 1. The van der Waals surface area contributed by atoms with Crippen LogP contribution in [0.2, 0.25) is 0 Å². The van der Waals surface area contributed by atoms with Crippen LogP contribution in [0.1, 0.15) is 0 Å². The van der Waals surface area contributed by atoms with Crippen LogP contribution in [0.3, 0.4) is 0 Å². The molecule has 0 aliphatic rings. The first-order chi connectivity index (χ1) is 3.81. The molecule has 0 spiro atoms. The number of alkyl halides is 1. The van der Waals surface area contributed by atoms with Crippen molar-refractivity contribution in [2.75, 3.05) is 7.05 Å². The van der Waals surface area contributed by atoms with E-state index in [4.69, 9.17) is 0 Å². The second-order valence-electron chi connectivity index (χ2n) is 1.31. The van der Waals surface area contributed by atoms with E-state index in [9.17, 15) is 0 Å². The van der Waals surface area contributed by atoms with Gasteiger partial charge in [-0.2, -0.15) is 0 Å². The molecule has 8 heavy (non-hydrogen) atoms. The Morgan fingerprint density at radius 1 is 1.75 bits per heavy atom. The van der Waals surface area contributed by atoms with E-state index < -0.39 is 0 Å². The molecule has 0 aromatic heterocycles. The van der Waals surface area contributed by atoms with Crippen LogP contribution in [0.15, 0.2) is 24.8 Å². The highest BCUT2D eigenvalue weighted by Crippen LogP contribution is 1.93. The van der Waals surface area contributed by atoms with E-state index in [0.29, 0.717) is 0 Å². The van der Waals surface area contributed by atoms with Crippen LogP contribution in [-0.4, -0.2) is 12.0 Å². The quantitative estimate of drug-likeness (QED) is 0.391. The SMILES string of the molecule is C=C/C=C\C(Br)NC. The molecule has 0 heterocycles. The molecule has 46 valence electrons. The number of likely N-dealkylation sites (N-methyl/N-ethyl adjacent to an activating group) is 1. The first-order valence-corrected chi connectivity index (χ1v) is 3.33. The molecule has 0 amide bonds. The van der Waals surface area contributed by atoms with Crippen molar-refractivity contribution >= 4 is 15.9 Å². The van der Waals surface area contributed by atoms with Crippen molar-refractivity contribution in [1.82, 2.24) is 5.32 Å². The maximum atomic E-state index is 3.53. The van der Waals surface area contributed by atoms with Crippen LogP contribution in [-0.2, 0) is 0 Å². The van der Waals surface area contributed by atoms with Crippen LogP contribution in [0.4, 0.5) is 0 Å². The highest BCUT2D eigenvalue weighted by atomic mass is 79.9. The molecule has 0 saturated heterocycles. The third-order valence-corrected chi connectivity index (χ3v) is 1.45. The highest BCUT2D eigenvalue weighted by Gasteiger charge is 1.86. The average molecular weight is 176 g/mol. The minimum Gasteiger partial charge on any atom is -0.305 e. The normalized spacial score (nSPS) is 14.2. The fourth-order valence-electron chi connectivity index (χ4n) is 0.272. The van der Waals surface area contributed by atoms with Gasteiger partial charge in [0.1, 0.15) is 0 Å². The maximum absolute atomic E-state index is 3.53. The standard InChI is InChI=1S/C6H10BrN/c1-3-4-5-6(7)8-2/h3-6,8H,1H2,2H3/b5-4-. The molecule has 1 N–H and O–H groups in total. The molecule has 0 fully saturated rings. The molecular formula is C6H10BrN. The summed E-state index contributed by atoms with van der Waals surface area (Å²) in [6, 6.07) is 0. The first kappa shape index (κ1) is 7.92. The number of halogens is 1. The van der Waals surface area contributed by atoms with E-state index in [2.05, 4.69) is 27.8 Å². The van der Waals surface area contributed by atoms with Crippen molar-refractivity contribution in [3.05, 3.63) is 24.8 Å². The Bertz CT molecular complexity index is 88.5. The van der Waals surface area contributed by atoms with Gasteiger partial charge in [-0.1, -0.05) is 40.7 Å². The maximum Gasteiger partial charge on any atom is 0.0817 e. The summed E-state index contributed by atoms with van der Waals surface area (Å²) in [7, 11) is 1.88. The number of nitrogens with one attached hydrogen (secondary N) is 1. The minimum absolute atomic E-state index is 0.264. The summed E-state index contributed by atoms with van der Waals surface area (Å²) in [6.07, 6.45) is 5.59. The van der Waals surface area contributed by atoms with E-state index >= 15 is 0 Å². The predicted molar refractivity (Wildman–Crippen MR) is 41.1 cm³/mol. The van der Waals surface area contributed by atoms with Crippen LogP contribution >= 0.6 is 15.9 Å². The van der Waals surface area contributed by atoms with E-state index in [0.717, 1.165) is 0 Å². The monoisotopic (exact) mass is 175 g/mol. The summed E-state index contributed by atoms with van der Waals surface area (Å²) in [5, 5.41) is 2.98. The zero-order valence-corrected chi connectivity index (χ0v) is 6.48. The number of rotatable bonds is 3. The van der Waals surface area contributed by atoms with Crippen LogP contribution in [0, 0.1) is 0 Å². The van der Waals surface area contributed by atoms with Crippen molar-refractivity contribution < 1.29 is 0 Å². The molecule has 0 rings (SSSR count). The molecule has 0 aromatic carbocycles. The van der Waals surface area contributed by atoms with Crippen LogP contribution in [0.5, 0.6) is 0 Å². The van der Waals surface area contributed by atoms with E-state index in [1.165, 1.54) is 0 Å². The summed E-state index contributed by atoms with van der Waals surface area (Å²) >= 11 is 3.33. The molecule has 1 nitrogen and oxygen atoms in total. The van der Waals surface area contributed by atoms with Gasteiger partial charge in [0.2, 0.25) is 0 Å². The largest absolute Gasteiger partial charge is 0.305 e. The van der Waals surface area contributed by atoms with Gasteiger partial charge in [-0.25, -0.2) is 0 Å². The topological polar surface area (TPSA) is 12.0 Å². The van der Waals surface area contributed by atoms with Crippen molar-refractivity contribution in [2.24, 2.45) is 0 Å². The van der Waals surface area contributed by atoms with Gasteiger partial charge in [0.15, 0.2) is 0 Å². The Morgan fingerprint density at radius 2 is 2.38 bits per heavy atom. The van der Waals surface area contributed by atoms with Gasteiger partial charge in [0, 0.05) is 0 Å². The lowest BCUT2D eigenvalue weighted by Gasteiger charge is -1.97. The summed E-state index contributed by atoms with van der Waals surface area (Å²) in [6.45, 7) is 3.53. The average Bonchev–Trinajstić information content (AvgIpc) is 1.83. The molecule has 0 aliphatic heterocycles. The molecule has 0 aromatic rings. The van der Waals surface area contributed by atoms with Gasteiger partial charge in [-0.15, -0.1) is 0 Å². The van der Waals surface area contributed by atoms with E-state index in [-0.39, 0.29) is 4.95 Å². The van der Waals surface area contributed by atoms with Crippen molar-refractivity contribution in [1.29, 1.82) is 0 Å². The second-order valence-corrected chi connectivity index (χ2v) is 2.30. The minimum atomic E-state index is 0.264. The van der Waals surface area contributed by atoms with Crippen LogP contribution < -0.4 is 5.32 Å². The fraction of sp³-hybridized carbons (Fsp3) is 0.333. The van der Waals surface area contributed by atoms with Crippen molar-refractivity contribution in [3.8, 4) is 0 Å². The fourth-order valence-corrected chi connectivity index (χ4v) is 0.449. The Balaban J connectivity index is 3.35. The summed E-state index contributed by atoms with van der Waals surface area (Å²) in [5.41, 5.74) is 0. The molecule has 0 radical (unpaired) electrons. The molecule has 0 aliphatic carbocycles. The molecular weight excluding hydrogens is 166 g/mol. The zero-order chi connectivity index (χ0) is 6.41. The van der Waals surface area contributed by atoms with Crippen molar-refractivity contribution in [2.45, 2.75) is 4.95 Å². The van der Waals surface area contributed by atoms with Crippen molar-refractivity contribution in [3.63, 3.8) is 0 Å². The highest BCUT2D eigenvalue weighted by molar-refractivity contribution is 9.09. The molecule has 2 heteroatoms. The van der Waals surface area contributed by atoms with Gasteiger partial charge >= 0.3 is 0 Å². The lowest BCUT2D eigenvalue weighted by molar-refractivity contribution is 0.879. The van der Waals surface area contributed by atoms with E-state index in [1.54, 1.807) is 6.08 Å². The van der Waals surface area contributed by atoms with Gasteiger partial charge in [0.05, 0.1) is 4.95 Å². The van der Waals surface area contributed by atoms with Crippen LogP contribution in [0.25, 0.3) is 0 Å². The molecule has 1 atom stereocenters. The Labute approximate surface area is 58.6 Å². The Morgan fingerprint density at radius 3 is 2.75 bits per heavy atom. The third-order valence-electron chi connectivity index (χ3n) is 0.692. The van der Waals surface area contributed by atoms with Gasteiger partial charge in [-0.3, -0.25) is 0 Å². The van der Waals surface area contributed by atoms with Gasteiger partial charge in [0.25, 0.3) is 0 Å². The third kappa shape index (κ3) is 4.09. The lowest BCUT2D eigenvalue weighted by Crippen LogP contribution is -2.14. The van der Waals surface area contributed by atoms with Gasteiger partial charge in [-0.05, 0) is 7.05 Å². The molecule has 0 bridgehead atoms. The molecule has 0 saturated carbocycles. The van der Waals surface area contributed by atoms with Gasteiger partial charge < -0.3 is 5.32 Å². The predicted octanol–water partition coefficient (Wildman–Crippen LogP) is 1.67.